The first-order valence-electron chi connectivity index (χ1n) is 9.12. The Labute approximate surface area is 152 Å². The molecule has 136 valence electrons. The van der Waals surface area contributed by atoms with E-state index in [1.807, 2.05) is 18.2 Å². The maximum atomic E-state index is 12.8. The van der Waals surface area contributed by atoms with Gasteiger partial charge in [0.05, 0.1) is 17.2 Å². The molecule has 2 atom stereocenters. The van der Waals surface area contributed by atoms with Crippen LogP contribution >= 0.6 is 0 Å². The number of rotatable bonds is 4. The van der Waals surface area contributed by atoms with Crippen LogP contribution in [0.4, 0.5) is 0 Å². The van der Waals surface area contributed by atoms with Crippen LogP contribution in [0.3, 0.4) is 0 Å². The van der Waals surface area contributed by atoms with Gasteiger partial charge in [0, 0.05) is 31.8 Å². The van der Waals surface area contributed by atoms with E-state index in [2.05, 4.69) is 28.3 Å². The minimum absolute atomic E-state index is 0.0135. The second-order valence-corrected chi connectivity index (χ2v) is 6.99. The number of ketones is 1. The van der Waals surface area contributed by atoms with Gasteiger partial charge in [-0.3, -0.25) is 15.0 Å². The average Bonchev–Trinajstić information content (AvgIpc) is 3.25. The second-order valence-electron chi connectivity index (χ2n) is 6.99. The molecule has 3 N–H and O–H groups in total. The number of carbonyl (C=O) groups excluding carboxylic acids is 2. The molecule has 2 unspecified atom stereocenters. The van der Waals surface area contributed by atoms with E-state index in [0.717, 1.165) is 19.4 Å². The Morgan fingerprint density at radius 2 is 2.08 bits per heavy atom. The van der Waals surface area contributed by atoms with E-state index in [4.69, 9.17) is 4.42 Å². The molecule has 1 aliphatic heterocycles. The highest BCUT2D eigenvalue weighted by Crippen LogP contribution is 2.30. The maximum absolute atomic E-state index is 12.8. The van der Waals surface area contributed by atoms with Gasteiger partial charge in [0.25, 0.3) is 5.91 Å². The number of amides is 1. The molecule has 0 radical (unpaired) electrons. The lowest BCUT2D eigenvalue weighted by atomic mass is 9.92. The molecule has 26 heavy (non-hydrogen) atoms. The first-order valence-corrected chi connectivity index (χ1v) is 9.12. The van der Waals surface area contributed by atoms with E-state index in [0.29, 0.717) is 35.6 Å². The fraction of sp³-hybridized carbons (Fsp3) is 0.400. The van der Waals surface area contributed by atoms with Crippen molar-refractivity contribution in [1.29, 1.82) is 0 Å². The Hall–Kier alpha value is -2.44. The molecule has 1 fully saturated rings. The summed E-state index contributed by atoms with van der Waals surface area (Å²) >= 11 is 0. The van der Waals surface area contributed by atoms with Gasteiger partial charge in [0.1, 0.15) is 11.5 Å². The largest absolute Gasteiger partial charge is 0.465 e. The smallest absolute Gasteiger partial charge is 0.255 e. The van der Waals surface area contributed by atoms with Gasteiger partial charge < -0.3 is 9.73 Å². The molecule has 1 amide bonds. The molecule has 4 rings (SSSR count). The van der Waals surface area contributed by atoms with Crippen molar-refractivity contribution >= 4 is 11.7 Å². The van der Waals surface area contributed by atoms with Gasteiger partial charge in [-0.05, 0) is 18.9 Å². The van der Waals surface area contributed by atoms with Gasteiger partial charge in [0.2, 0.25) is 0 Å². The number of nitrogens with one attached hydrogen (secondary N) is 3. The SMILES string of the molecule is Cc1oc2c(c1C(=O)NCC1CNNC1c1ccccc1)C(=O)CCC2. The quantitative estimate of drug-likeness (QED) is 0.786. The summed E-state index contributed by atoms with van der Waals surface area (Å²) in [6.45, 7) is 3.04. The summed E-state index contributed by atoms with van der Waals surface area (Å²) in [6.07, 6.45) is 2.00. The minimum atomic E-state index is -0.221. The molecule has 1 saturated heterocycles. The molecule has 2 heterocycles. The summed E-state index contributed by atoms with van der Waals surface area (Å²) in [5, 5.41) is 3.01. The number of hydrogen-bond donors (Lipinski definition) is 3. The van der Waals surface area contributed by atoms with Gasteiger partial charge in [0.15, 0.2) is 5.78 Å². The van der Waals surface area contributed by atoms with Crippen molar-refractivity contribution in [2.75, 3.05) is 13.1 Å². The first kappa shape index (κ1) is 17.0. The van der Waals surface area contributed by atoms with Crippen molar-refractivity contribution in [2.24, 2.45) is 5.92 Å². The number of Topliss-reactive ketones (excluding diaryl/α,β-unsaturated/α-hetero) is 1. The summed E-state index contributed by atoms with van der Waals surface area (Å²) in [6, 6.07) is 10.3. The van der Waals surface area contributed by atoms with Crippen LogP contribution in [0.25, 0.3) is 0 Å². The number of hydrazine groups is 1. The topological polar surface area (TPSA) is 83.4 Å². The molecule has 6 heteroatoms. The zero-order valence-corrected chi connectivity index (χ0v) is 14.8. The zero-order valence-electron chi connectivity index (χ0n) is 14.8. The van der Waals surface area contributed by atoms with E-state index in [1.54, 1.807) is 6.92 Å². The molecular weight excluding hydrogens is 330 g/mol. The van der Waals surface area contributed by atoms with Crippen molar-refractivity contribution in [3.8, 4) is 0 Å². The van der Waals surface area contributed by atoms with Crippen molar-refractivity contribution < 1.29 is 14.0 Å². The number of carbonyl (C=O) groups is 2. The molecule has 1 aliphatic carbocycles. The van der Waals surface area contributed by atoms with E-state index < -0.39 is 0 Å². The van der Waals surface area contributed by atoms with Gasteiger partial charge in [-0.15, -0.1) is 0 Å². The number of benzene rings is 1. The zero-order chi connectivity index (χ0) is 18.1. The molecule has 1 aromatic heterocycles. The third-order valence-corrected chi connectivity index (χ3v) is 5.25. The molecule has 6 nitrogen and oxygen atoms in total. The maximum Gasteiger partial charge on any atom is 0.255 e. The minimum Gasteiger partial charge on any atom is -0.465 e. The van der Waals surface area contributed by atoms with Crippen LogP contribution in [-0.4, -0.2) is 24.8 Å². The number of furan rings is 1. The standard InChI is InChI=1S/C20H23N3O3/c1-12-17(18-15(24)8-5-9-16(18)26-12)20(25)21-10-14-11-22-23-19(14)13-6-3-2-4-7-13/h2-4,6-7,14,19,22-23H,5,8-11H2,1H3,(H,21,25). The van der Waals surface area contributed by atoms with Crippen molar-refractivity contribution in [2.45, 2.75) is 32.2 Å². The normalized spacial score (nSPS) is 22.3. The van der Waals surface area contributed by atoms with E-state index in [-0.39, 0.29) is 23.7 Å². The predicted molar refractivity (Wildman–Crippen MR) is 96.9 cm³/mol. The van der Waals surface area contributed by atoms with Crippen LogP contribution in [0.5, 0.6) is 0 Å². The van der Waals surface area contributed by atoms with E-state index in [9.17, 15) is 9.59 Å². The third-order valence-electron chi connectivity index (χ3n) is 5.25. The van der Waals surface area contributed by atoms with Crippen molar-refractivity contribution in [1.82, 2.24) is 16.2 Å². The highest BCUT2D eigenvalue weighted by Gasteiger charge is 2.32. The monoisotopic (exact) mass is 353 g/mol. The lowest BCUT2D eigenvalue weighted by molar-refractivity contribution is 0.0923. The van der Waals surface area contributed by atoms with Crippen molar-refractivity contribution in [3.63, 3.8) is 0 Å². The Balaban J connectivity index is 1.48. The first-order chi connectivity index (χ1) is 12.6. The second kappa shape index (κ2) is 7.05. The highest BCUT2D eigenvalue weighted by molar-refractivity contribution is 6.10. The molecule has 0 spiro atoms. The number of aryl methyl sites for hydroxylation is 2. The lowest BCUT2D eigenvalue weighted by Crippen LogP contribution is -2.33. The molecule has 1 aromatic carbocycles. The molecule has 0 bridgehead atoms. The Morgan fingerprint density at radius 1 is 1.27 bits per heavy atom. The van der Waals surface area contributed by atoms with Crippen LogP contribution in [-0.2, 0) is 6.42 Å². The molecular formula is C20H23N3O3. The highest BCUT2D eigenvalue weighted by atomic mass is 16.3. The van der Waals surface area contributed by atoms with E-state index >= 15 is 0 Å². The third kappa shape index (κ3) is 3.06. The average molecular weight is 353 g/mol. The fourth-order valence-corrected chi connectivity index (χ4v) is 3.93. The Bertz CT molecular complexity index is 828. The van der Waals surface area contributed by atoms with E-state index in [1.165, 1.54) is 5.56 Å². The van der Waals surface area contributed by atoms with Crippen molar-refractivity contribution in [3.05, 3.63) is 58.5 Å². The van der Waals surface area contributed by atoms with Crippen LogP contribution < -0.4 is 16.2 Å². The van der Waals surface area contributed by atoms with Crippen LogP contribution in [0.15, 0.2) is 34.7 Å². The predicted octanol–water partition coefficient (Wildman–Crippen LogP) is 2.30. The number of hydrogen-bond acceptors (Lipinski definition) is 5. The Morgan fingerprint density at radius 3 is 2.88 bits per heavy atom. The van der Waals surface area contributed by atoms with Gasteiger partial charge in [-0.25, -0.2) is 5.43 Å². The van der Waals surface area contributed by atoms with Crippen LogP contribution in [0.1, 0.15) is 56.7 Å². The molecule has 2 aliphatic rings. The Kier molecular flexibility index (Phi) is 4.61. The lowest BCUT2D eigenvalue weighted by Gasteiger charge is -2.19. The van der Waals surface area contributed by atoms with Gasteiger partial charge in [-0.1, -0.05) is 30.3 Å². The summed E-state index contributed by atoms with van der Waals surface area (Å²) in [7, 11) is 0. The molecule has 2 aromatic rings. The van der Waals surface area contributed by atoms with Gasteiger partial charge >= 0.3 is 0 Å². The summed E-state index contributed by atoms with van der Waals surface area (Å²) in [5.41, 5.74) is 8.54. The molecule has 0 saturated carbocycles. The summed E-state index contributed by atoms with van der Waals surface area (Å²) in [4.78, 5) is 25.0. The summed E-state index contributed by atoms with van der Waals surface area (Å²) in [5.74, 6) is 1.21. The fourth-order valence-electron chi connectivity index (χ4n) is 3.93. The van der Waals surface area contributed by atoms with Crippen LogP contribution in [0.2, 0.25) is 0 Å². The number of fused-ring (bicyclic) bond motifs is 1. The van der Waals surface area contributed by atoms with Gasteiger partial charge in [-0.2, -0.15) is 0 Å². The summed E-state index contributed by atoms with van der Waals surface area (Å²) < 4.78 is 5.68. The van der Waals surface area contributed by atoms with Crippen LogP contribution in [0, 0.1) is 12.8 Å².